The topological polar surface area (TPSA) is 124 Å². The lowest BCUT2D eigenvalue weighted by Gasteiger charge is -2.35. The number of benzene rings is 5. The van der Waals surface area contributed by atoms with Gasteiger partial charge in [-0.2, -0.15) is 4.98 Å². The van der Waals surface area contributed by atoms with Crippen molar-refractivity contribution in [2.75, 3.05) is 13.2 Å². The molecule has 12 heteroatoms. The summed E-state index contributed by atoms with van der Waals surface area (Å²) in [4.78, 5) is 38.0. The summed E-state index contributed by atoms with van der Waals surface area (Å²) in [6.07, 6.45) is 2.28. The Labute approximate surface area is 325 Å². The minimum absolute atomic E-state index is 0.0902. The van der Waals surface area contributed by atoms with Gasteiger partial charge in [-0.25, -0.2) is 14.1 Å². The maximum atomic E-state index is 13.4. The van der Waals surface area contributed by atoms with Crippen molar-refractivity contribution >= 4 is 27.5 Å². The number of nitrogens with zero attached hydrogens (tertiary/aromatic N) is 4. The van der Waals surface area contributed by atoms with Gasteiger partial charge < -0.3 is 19.8 Å². The van der Waals surface area contributed by atoms with Gasteiger partial charge in [0.1, 0.15) is 28.3 Å². The van der Waals surface area contributed by atoms with Crippen molar-refractivity contribution in [3.05, 3.63) is 195 Å². The number of carbonyl (C=O) groups excluding carboxylic acids is 1. The number of thiophene rings is 1. The van der Waals surface area contributed by atoms with Crippen LogP contribution in [-0.4, -0.2) is 43.9 Å². The lowest BCUT2D eigenvalue weighted by Crippen LogP contribution is -2.38. The second-order valence-electron chi connectivity index (χ2n) is 12.9. The van der Waals surface area contributed by atoms with E-state index in [4.69, 9.17) is 14.6 Å². The van der Waals surface area contributed by atoms with Gasteiger partial charge in [0.15, 0.2) is 0 Å². The molecule has 3 aromatic heterocycles. The van der Waals surface area contributed by atoms with Crippen molar-refractivity contribution < 1.29 is 18.7 Å². The highest BCUT2D eigenvalue weighted by Crippen LogP contribution is 2.40. The van der Waals surface area contributed by atoms with Crippen molar-refractivity contribution in [2.45, 2.75) is 18.5 Å². The van der Waals surface area contributed by atoms with Gasteiger partial charge in [-0.1, -0.05) is 115 Å². The molecule has 0 spiro atoms. The van der Waals surface area contributed by atoms with Gasteiger partial charge in [-0.15, -0.1) is 16.4 Å². The van der Waals surface area contributed by atoms with Gasteiger partial charge in [0.25, 0.3) is 11.5 Å². The van der Waals surface area contributed by atoms with Gasteiger partial charge in [-0.05, 0) is 52.1 Å². The fraction of sp³-hybridized carbons (Fsp3) is 0.114. The van der Waals surface area contributed by atoms with Crippen LogP contribution in [0.25, 0.3) is 21.3 Å². The van der Waals surface area contributed by atoms with Crippen molar-refractivity contribution in [3.63, 3.8) is 0 Å². The summed E-state index contributed by atoms with van der Waals surface area (Å²) in [6.45, 7) is 0.904. The van der Waals surface area contributed by atoms with E-state index in [1.165, 1.54) is 23.5 Å². The number of aromatic amines is 1. The van der Waals surface area contributed by atoms with Crippen LogP contribution in [0.3, 0.4) is 0 Å². The molecule has 8 aromatic rings. The average molecular weight is 763 g/mol. The third kappa shape index (κ3) is 7.42. The van der Waals surface area contributed by atoms with E-state index in [2.05, 4.69) is 56.7 Å². The zero-order valence-corrected chi connectivity index (χ0v) is 30.8. The number of halogens is 1. The Bertz CT molecular complexity index is 2530. The van der Waals surface area contributed by atoms with E-state index in [1.807, 2.05) is 83.5 Å². The predicted octanol–water partition coefficient (Wildman–Crippen LogP) is 8.00. The van der Waals surface area contributed by atoms with Crippen LogP contribution in [0.1, 0.15) is 39.3 Å². The third-order valence-electron chi connectivity index (χ3n) is 9.34. The Morgan fingerprint density at radius 2 is 1.45 bits per heavy atom. The molecule has 0 bridgehead atoms. The van der Waals surface area contributed by atoms with Gasteiger partial charge >= 0.3 is 6.01 Å². The number of hydrogen-bond donors (Lipinski definition) is 2. The highest BCUT2D eigenvalue weighted by Gasteiger charge is 2.39. The molecular weight excluding hydrogens is 728 g/mol. The first-order valence-electron chi connectivity index (χ1n) is 18.0. The second kappa shape index (κ2) is 16.2. The minimum atomic E-state index is -0.784. The van der Waals surface area contributed by atoms with E-state index < -0.39 is 17.0 Å². The van der Waals surface area contributed by atoms with Crippen LogP contribution in [-0.2, 0) is 12.1 Å². The molecular formula is C44H35FN6O4S. The molecule has 1 amide bonds. The van der Waals surface area contributed by atoms with E-state index >= 15 is 0 Å². The van der Waals surface area contributed by atoms with Crippen LogP contribution in [0.4, 0.5) is 4.39 Å². The predicted molar refractivity (Wildman–Crippen MR) is 213 cm³/mol. The third-order valence-corrected chi connectivity index (χ3v) is 10.2. The number of carbonyl (C=O) groups is 1. The van der Waals surface area contributed by atoms with Gasteiger partial charge in [0, 0.05) is 23.9 Å². The largest absolute Gasteiger partial charge is 0.493 e. The number of amides is 1. The van der Waals surface area contributed by atoms with Crippen molar-refractivity contribution in [3.8, 4) is 22.9 Å². The smallest absolute Gasteiger partial charge is 0.335 e. The van der Waals surface area contributed by atoms with E-state index in [9.17, 15) is 14.0 Å². The molecule has 2 N–H and O–H groups in total. The average Bonchev–Trinajstić information content (AvgIpc) is 3.90. The van der Waals surface area contributed by atoms with Gasteiger partial charge in [0.2, 0.25) is 5.82 Å². The lowest BCUT2D eigenvalue weighted by molar-refractivity contribution is 0.0940. The van der Waals surface area contributed by atoms with Crippen molar-refractivity contribution in [2.24, 2.45) is 0 Å². The molecule has 3 heterocycles. The summed E-state index contributed by atoms with van der Waals surface area (Å²) >= 11 is 1.25. The number of nitrogens with one attached hydrogen (secondary N) is 2. The highest BCUT2D eigenvalue weighted by atomic mass is 32.1. The maximum Gasteiger partial charge on any atom is 0.335 e. The molecule has 56 heavy (non-hydrogen) atoms. The van der Waals surface area contributed by atoms with Crippen LogP contribution in [0.5, 0.6) is 11.8 Å². The number of fused-ring (bicyclic) bond motifs is 1. The number of ether oxygens (including phenoxy) is 2. The second-order valence-corrected chi connectivity index (χ2v) is 13.8. The van der Waals surface area contributed by atoms with Crippen LogP contribution in [0, 0.1) is 5.82 Å². The van der Waals surface area contributed by atoms with Crippen molar-refractivity contribution in [1.29, 1.82) is 0 Å². The Morgan fingerprint density at radius 3 is 2.11 bits per heavy atom. The molecule has 0 radical (unpaired) electrons. The van der Waals surface area contributed by atoms with Crippen LogP contribution >= 0.6 is 11.3 Å². The van der Waals surface area contributed by atoms with Gasteiger partial charge in [-0.3, -0.25) is 9.59 Å². The summed E-state index contributed by atoms with van der Waals surface area (Å²) in [5.41, 5.74) is 4.01. The molecule has 8 rings (SSSR count). The summed E-state index contributed by atoms with van der Waals surface area (Å²) in [7, 11) is 0. The molecule has 5 aromatic carbocycles. The standard InChI is InChI=1S/C44H35FN6O4S/c45-35-22-20-31(21-23-35)37-28-56-42-38(37)40(52)48-39(49-42)41(53)46-27-30-12-10-19-36(26-30)54-24-11-25-55-43-47-29-51(50-43)44(32-13-4-1-5-14-32,33-15-6-2-7-16-33)34-17-8-3-9-18-34/h1-10,12-23,26,28-29H,11,24-25,27H2,(H,46,53)(H,48,49,52). The number of rotatable bonds is 14. The normalized spacial score (nSPS) is 11.4. The fourth-order valence-corrected chi connectivity index (χ4v) is 7.68. The Morgan fingerprint density at radius 1 is 0.804 bits per heavy atom. The quantitative estimate of drug-likeness (QED) is 0.0850. The summed E-state index contributed by atoms with van der Waals surface area (Å²) in [5, 5.41) is 9.80. The van der Waals surface area contributed by atoms with Crippen molar-refractivity contribution in [1.82, 2.24) is 30.0 Å². The fourth-order valence-electron chi connectivity index (χ4n) is 6.73. The maximum absolute atomic E-state index is 13.4. The van der Waals surface area contributed by atoms with Crippen LogP contribution in [0.15, 0.2) is 156 Å². The number of hydrogen-bond acceptors (Lipinski definition) is 8. The Hall–Kier alpha value is -6.92. The summed E-state index contributed by atoms with van der Waals surface area (Å²) < 4.78 is 27.3. The van der Waals surface area contributed by atoms with E-state index in [-0.39, 0.29) is 24.2 Å². The SMILES string of the molecule is O=C(NCc1cccc(OCCCOc2ncn(C(c3ccccc3)(c3ccccc3)c3ccccc3)n2)c1)c1nc2scc(-c3ccc(F)cc3)c2c(=O)[nH]1. The first-order chi connectivity index (χ1) is 27.5. The number of H-pyrrole nitrogens is 1. The first-order valence-corrected chi connectivity index (χ1v) is 18.9. The molecule has 0 saturated carbocycles. The Balaban J connectivity index is 0.877. The highest BCUT2D eigenvalue weighted by molar-refractivity contribution is 7.17. The molecule has 0 aliphatic rings. The zero-order valence-electron chi connectivity index (χ0n) is 30.0. The molecule has 0 unspecified atom stereocenters. The molecule has 0 fully saturated rings. The Kier molecular flexibility index (Phi) is 10.4. The molecule has 0 aliphatic carbocycles. The van der Waals surface area contributed by atoms with E-state index in [0.717, 1.165) is 22.3 Å². The summed E-state index contributed by atoms with van der Waals surface area (Å²) in [6, 6.07) is 44.3. The first kappa shape index (κ1) is 36.1. The molecule has 0 aliphatic heterocycles. The number of aromatic nitrogens is 5. The van der Waals surface area contributed by atoms with E-state index in [1.54, 1.807) is 23.8 Å². The molecule has 0 saturated heterocycles. The van der Waals surface area contributed by atoms with Crippen LogP contribution < -0.4 is 20.3 Å². The summed E-state index contributed by atoms with van der Waals surface area (Å²) in [5.74, 6) is -0.340. The zero-order chi connectivity index (χ0) is 38.3. The molecule has 10 nitrogen and oxygen atoms in total. The van der Waals surface area contributed by atoms with Crippen LogP contribution in [0.2, 0.25) is 0 Å². The molecule has 0 atom stereocenters. The monoisotopic (exact) mass is 762 g/mol. The van der Waals surface area contributed by atoms with E-state index in [0.29, 0.717) is 46.7 Å². The molecule has 278 valence electrons. The minimum Gasteiger partial charge on any atom is -0.493 e. The van der Waals surface area contributed by atoms with Gasteiger partial charge in [0.05, 0.1) is 18.6 Å². The lowest BCUT2D eigenvalue weighted by atomic mass is 9.77.